The summed E-state index contributed by atoms with van der Waals surface area (Å²) in [6.07, 6.45) is 1.63. The van der Waals surface area contributed by atoms with Crippen LogP contribution in [0.2, 0.25) is 0 Å². The van der Waals surface area contributed by atoms with E-state index in [-0.39, 0.29) is 11.3 Å². The molecule has 0 aliphatic carbocycles. The van der Waals surface area contributed by atoms with Crippen molar-refractivity contribution in [3.05, 3.63) is 42.5 Å². The number of rotatable bonds is 6. The highest BCUT2D eigenvalue weighted by atomic mass is 32.2. The van der Waals surface area contributed by atoms with E-state index in [2.05, 4.69) is 11.3 Å². The SMILES string of the molecule is C=CC[C@@H](NS(=O)(=O)c1ccc(C)cc1)C(=O)OC(C)(C)C. The number of esters is 1. The van der Waals surface area contributed by atoms with E-state index in [4.69, 9.17) is 4.74 Å². The lowest BCUT2D eigenvalue weighted by Crippen LogP contribution is -2.43. The van der Waals surface area contributed by atoms with Gasteiger partial charge in [0, 0.05) is 0 Å². The van der Waals surface area contributed by atoms with Crippen molar-refractivity contribution in [1.29, 1.82) is 0 Å². The Bertz CT molecular complexity index is 627. The molecule has 0 amide bonds. The highest BCUT2D eigenvalue weighted by Crippen LogP contribution is 2.14. The Kier molecular flexibility index (Phi) is 5.91. The Labute approximate surface area is 132 Å². The summed E-state index contributed by atoms with van der Waals surface area (Å²) in [7, 11) is -3.80. The molecule has 6 heteroatoms. The van der Waals surface area contributed by atoms with Crippen molar-refractivity contribution < 1.29 is 17.9 Å². The summed E-state index contributed by atoms with van der Waals surface area (Å²) in [6, 6.07) is 5.40. The third-order valence-corrected chi connectivity index (χ3v) is 4.21. The maximum absolute atomic E-state index is 12.3. The van der Waals surface area contributed by atoms with E-state index in [0.717, 1.165) is 5.56 Å². The maximum Gasteiger partial charge on any atom is 0.325 e. The van der Waals surface area contributed by atoms with Crippen LogP contribution in [0, 0.1) is 6.92 Å². The van der Waals surface area contributed by atoms with Crippen molar-refractivity contribution in [2.45, 2.75) is 50.7 Å². The van der Waals surface area contributed by atoms with Crippen molar-refractivity contribution in [2.24, 2.45) is 0 Å². The second-order valence-electron chi connectivity index (χ2n) is 6.04. The van der Waals surface area contributed by atoms with Gasteiger partial charge in [0.15, 0.2) is 0 Å². The van der Waals surface area contributed by atoms with Crippen LogP contribution in [0.4, 0.5) is 0 Å². The van der Waals surface area contributed by atoms with Crippen LogP contribution < -0.4 is 4.72 Å². The van der Waals surface area contributed by atoms with Crippen LogP contribution in [0.25, 0.3) is 0 Å². The average molecular weight is 325 g/mol. The van der Waals surface area contributed by atoms with E-state index >= 15 is 0 Å². The molecule has 1 rings (SSSR count). The minimum Gasteiger partial charge on any atom is -0.459 e. The number of aryl methyl sites for hydroxylation is 1. The lowest BCUT2D eigenvalue weighted by Gasteiger charge is -2.24. The van der Waals surface area contributed by atoms with Gasteiger partial charge in [0.25, 0.3) is 0 Å². The van der Waals surface area contributed by atoms with E-state index in [0.29, 0.717) is 0 Å². The molecule has 122 valence electrons. The molecule has 0 saturated heterocycles. The Hall–Kier alpha value is -1.66. The molecule has 22 heavy (non-hydrogen) atoms. The van der Waals surface area contributed by atoms with Gasteiger partial charge in [0.2, 0.25) is 10.0 Å². The topological polar surface area (TPSA) is 72.5 Å². The predicted octanol–water partition coefficient (Wildman–Crippen LogP) is 2.56. The third-order valence-electron chi connectivity index (χ3n) is 2.72. The third kappa shape index (κ3) is 5.61. The zero-order chi connectivity index (χ0) is 17.0. The summed E-state index contributed by atoms with van der Waals surface area (Å²) in [5.74, 6) is -0.622. The summed E-state index contributed by atoms with van der Waals surface area (Å²) in [5, 5.41) is 0. The Balaban J connectivity index is 2.96. The van der Waals surface area contributed by atoms with Crippen LogP contribution in [0.15, 0.2) is 41.8 Å². The minimum absolute atomic E-state index is 0.107. The second kappa shape index (κ2) is 7.07. The predicted molar refractivity (Wildman–Crippen MR) is 85.9 cm³/mol. The minimum atomic E-state index is -3.80. The zero-order valence-electron chi connectivity index (χ0n) is 13.4. The van der Waals surface area contributed by atoms with Gasteiger partial charge in [-0.25, -0.2) is 8.42 Å². The molecule has 1 aromatic rings. The van der Waals surface area contributed by atoms with E-state index < -0.39 is 27.6 Å². The Morgan fingerprint density at radius 3 is 2.32 bits per heavy atom. The molecule has 0 heterocycles. The fourth-order valence-electron chi connectivity index (χ4n) is 1.70. The van der Waals surface area contributed by atoms with Crippen LogP contribution in [0.1, 0.15) is 32.8 Å². The summed E-state index contributed by atoms with van der Waals surface area (Å²) in [6.45, 7) is 10.6. The normalized spacial score (nSPS) is 13.5. The van der Waals surface area contributed by atoms with Gasteiger partial charge >= 0.3 is 5.97 Å². The van der Waals surface area contributed by atoms with E-state index in [9.17, 15) is 13.2 Å². The molecule has 1 atom stereocenters. The molecule has 5 nitrogen and oxygen atoms in total. The largest absolute Gasteiger partial charge is 0.459 e. The second-order valence-corrected chi connectivity index (χ2v) is 7.76. The summed E-state index contributed by atoms with van der Waals surface area (Å²) in [4.78, 5) is 12.2. The Morgan fingerprint density at radius 2 is 1.86 bits per heavy atom. The van der Waals surface area contributed by atoms with Gasteiger partial charge in [-0.05, 0) is 46.2 Å². The van der Waals surface area contributed by atoms with Crippen molar-refractivity contribution in [3.63, 3.8) is 0 Å². The summed E-state index contributed by atoms with van der Waals surface area (Å²) < 4.78 is 32.3. The molecule has 0 aliphatic rings. The number of benzene rings is 1. The molecule has 0 bridgehead atoms. The molecule has 0 aromatic heterocycles. The molecule has 0 unspecified atom stereocenters. The molecule has 1 aromatic carbocycles. The molecule has 0 aliphatic heterocycles. The Morgan fingerprint density at radius 1 is 1.32 bits per heavy atom. The highest BCUT2D eigenvalue weighted by Gasteiger charge is 2.28. The van der Waals surface area contributed by atoms with Gasteiger partial charge in [-0.2, -0.15) is 4.72 Å². The first-order valence-electron chi connectivity index (χ1n) is 6.98. The van der Waals surface area contributed by atoms with Crippen LogP contribution in [0.5, 0.6) is 0 Å². The van der Waals surface area contributed by atoms with Crippen molar-refractivity contribution in [3.8, 4) is 0 Å². The molecule has 1 N–H and O–H groups in total. The van der Waals surface area contributed by atoms with Gasteiger partial charge in [-0.1, -0.05) is 23.8 Å². The highest BCUT2D eigenvalue weighted by molar-refractivity contribution is 7.89. The standard InChI is InChI=1S/C16H23NO4S/c1-6-7-14(15(18)21-16(3,4)5)17-22(19,20)13-10-8-12(2)9-11-13/h6,8-11,14,17H,1,7H2,2-5H3/t14-/m1/s1. The number of sulfonamides is 1. The molecule has 0 fully saturated rings. The molecular formula is C16H23NO4S. The quantitative estimate of drug-likeness (QED) is 0.644. The maximum atomic E-state index is 12.3. The number of hydrogen-bond donors (Lipinski definition) is 1. The van der Waals surface area contributed by atoms with Gasteiger partial charge in [0.1, 0.15) is 11.6 Å². The number of carbonyl (C=O) groups is 1. The van der Waals surface area contributed by atoms with Crippen molar-refractivity contribution >= 4 is 16.0 Å². The first-order valence-corrected chi connectivity index (χ1v) is 8.46. The lowest BCUT2D eigenvalue weighted by molar-refractivity contribution is -0.156. The fraction of sp³-hybridized carbons (Fsp3) is 0.438. The monoisotopic (exact) mass is 325 g/mol. The zero-order valence-corrected chi connectivity index (χ0v) is 14.2. The van der Waals surface area contributed by atoms with E-state index in [1.807, 2.05) is 6.92 Å². The van der Waals surface area contributed by atoms with Crippen molar-refractivity contribution in [2.75, 3.05) is 0 Å². The smallest absolute Gasteiger partial charge is 0.325 e. The van der Waals surface area contributed by atoms with Crippen LogP contribution in [-0.4, -0.2) is 26.0 Å². The average Bonchev–Trinajstić information content (AvgIpc) is 2.36. The van der Waals surface area contributed by atoms with Crippen LogP contribution in [0.3, 0.4) is 0 Å². The van der Waals surface area contributed by atoms with Gasteiger partial charge in [-0.3, -0.25) is 4.79 Å². The van der Waals surface area contributed by atoms with Gasteiger partial charge in [0.05, 0.1) is 4.90 Å². The van der Waals surface area contributed by atoms with Gasteiger partial charge in [-0.15, -0.1) is 6.58 Å². The number of nitrogens with one attached hydrogen (secondary N) is 1. The molecule has 0 radical (unpaired) electrons. The number of carbonyl (C=O) groups excluding carboxylic acids is 1. The first kappa shape index (κ1) is 18.4. The van der Waals surface area contributed by atoms with E-state index in [1.54, 1.807) is 32.9 Å². The molecular weight excluding hydrogens is 302 g/mol. The lowest BCUT2D eigenvalue weighted by atomic mass is 10.1. The van der Waals surface area contributed by atoms with Crippen LogP contribution in [-0.2, 0) is 19.6 Å². The number of ether oxygens (including phenoxy) is 1. The van der Waals surface area contributed by atoms with Gasteiger partial charge < -0.3 is 4.74 Å². The first-order chi connectivity index (χ1) is 10.0. The van der Waals surface area contributed by atoms with Crippen LogP contribution >= 0.6 is 0 Å². The van der Waals surface area contributed by atoms with Crippen molar-refractivity contribution in [1.82, 2.24) is 4.72 Å². The molecule has 0 spiro atoms. The van der Waals surface area contributed by atoms with E-state index in [1.165, 1.54) is 18.2 Å². The summed E-state index contributed by atoms with van der Waals surface area (Å²) in [5.41, 5.74) is 0.264. The fourth-order valence-corrected chi connectivity index (χ4v) is 2.90. The number of hydrogen-bond acceptors (Lipinski definition) is 4. The summed E-state index contributed by atoms with van der Waals surface area (Å²) >= 11 is 0. The molecule has 0 saturated carbocycles.